The minimum Gasteiger partial charge on any atom is -0.356 e. The molecule has 2 aromatic rings. The number of benzene rings is 1. The highest BCUT2D eigenvalue weighted by Crippen LogP contribution is 2.29. The van der Waals surface area contributed by atoms with Crippen LogP contribution >= 0.6 is 35.6 Å². The van der Waals surface area contributed by atoms with E-state index in [2.05, 4.69) is 25.8 Å². The van der Waals surface area contributed by atoms with E-state index in [0.29, 0.717) is 42.2 Å². The zero-order valence-electron chi connectivity index (χ0n) is 15.3. The molecule has 26 heavy (non-hydrogen) atoms. The Morgan fingerprint density at radius 3 is 2.65 bits per heavy atom. The fraction of sp³-hybridized carbons (Fsp3) is 0.471. The molecule has 1 heterocycles. The molecule has 0 atom stereocenters. The third kappa shape index (κ3) is 6.39. The number of aromatic nitrogens is 2. The summed E-state index contributed by atoms with van der Waals surface area (Å²) in [6, 6.07) is 4.47. The number of hydrogen-bond donors (Lipinski definition) is 2. The lowest BCUT2D eigenvalue weighted by Crippen LogP contribution is -2.44. The van der Waals surface area contributed by atoms with Gasteiger partial charge in [-0.1, -0.05) is 36.7 Å². The van der Waals surface area contributed by atoms with Crippen molar-refractivity contribution < 1.29 is 8.91 Å². The molecule has 0 aliphatic rings. The van der Waals surface area contributed by atoms with Crippen molar-refractivity contribution in [2.24, 2.45) is 4.99 Å². The van der Waals surface area contributed by atoms with Crippen LogP contribution in [0.15, 0.2) is 27.7 Å². The summed E-state index contributed by atoms with van der Waals surface area (Å²) in [7, 11) is 1.70. The summed E-state index contributed by atoms with van der Waals surface area (Å²) < 4.78 is 18.3. The fourth-order valence-corrected chi connectivity index (χ4v) is 2.81. The lowest BCUT2D eigenvalue weighted by molar-refractivity contribution is 0.374. The molecule has 0 aliphatic carbocycles. The Labute approximate surface area is 175 Å². The Balaban J connectivity index is 0.00000338. The van der Waals surface area contributed by atoms with Gasteiger partial charge in [0, 0.05) is 37.0 Å². The van der Waals surface area contributed by atoms with Crippen LogP contribution in [0.25, 0.3) is 0 Å². The number of aliphatic imine (C=N–C) groups is 1. The minimum atomic E-state index is -0.341. The van der Waals surface area contributed by atoms with Crippen LogP contribution in [0.3, 0.4) is 0 Å². The highest BCUT2D eigenvalue weighted by atomic mass is 127. The van der Waals surface area contributed by atoms with Gasteiger partial charge in [-0.15, -0.1) is 24.0 Å². The normalized spacial score (nSPS) is 11.8. The highest BCUT2D eigenvalue weighted by molar-refractivity contribution is 14.0. The molecule has 0 unspecified atom stereocenters. The van der Waals surface area contributed by atoms with Gasteiger partial charge in [0.1, 0.15) is 5.82 Å². The quantitative estimate of drug-likeness (QED) is 0.365. The molecule has 0 fully saturated rings. The van der Waals surface area contributed by atoms with Gasteiger partial charge in [0.05, 0.1) is 0 Å². The standard InChI is InChI=1S/C17H23ClFN5O.HI/c1-11-23-15(25-24-11)7-8-21-16(20-4)22-10-17(2,3)13-6-5-12(19)9-14(13)18;/h5-6,9H,7-8,10H2,1-4H3,(H2,20,21,22);1H. The van der Waals surface area contributed by atoms with Crippen molar-refractivity contribution in [3.63, 3.8) is 0 Å². The Bertz CT molecular complexity index is 751. The zero-order chi connectivity index (χ0) is 18.4. The van der Waals surface area contributed by atoms with Gasteiger partial charge in [0.25, 0.3) is 0 Å². The molecule has 0 bridgehead atoms. The maximum absolute atomic E-state index is 13.2. The summed E-state index contributed by atoms with van der Waals surface area (Å²) in [6.07, 6.45) is 0.606. The van der Waals surface area contributed by atoms with Gasteiger partial charge in [-0.25, -0.2) is 4.39 Å². The molecule has 0 saturated carbocycles. The van der Waals surface area contributed by atoms with Crippen LogP contribution in [0.2, 0.25) is 5.02 Å². The largest absolute Gasteiger partial charge is 0.356 e. The van der Waals surface area contributed by atoms with Crippen LogP contribution in [-0.4, -0.2) is 36.2 Å². The van der Waals surface area contributed by atoms with Crippen LogP contribution in [0.1, 0.15) is 31.1 Å². The van der Waals surface area contributed by atoms with Gasteiger partial charge in [0.15, 0.2) is 11.8 Å². The van der Waals surface area contributed by atoms with Gasteiger partial charge in [-0.3, -0.25) is 4.99 Å². The molecule has 0 radical (unpaired) electrons. The summed E-state index contributed by atoms with van der Waals surface area (Å²) in [4.78, 5) is 8.34. The molecular formula is C17H24ClFIN5O. The number of nitrogens with zero attached hydrogens (tertiary/aromatic N) is 3. The Morgan fingerprint density at radius 2 is 2.08 bits per heavy atom. The van der Waals surface area contributed by atoms with Crippen molar-refractivity contribution in [3.8, 4) is 0 Å². The first kappa shape index (κ1) is 22.6. The van der Waals surface area contributed by atoms with Crippen molar-refractivity contribution in [2.45, 2.75) is 32.6 Å². The zero-order valence-corrected chi connectivity index (χ0v) is 18.4. The first-order valence-corrected chi connectivity index (χ1v) is 8.39. The van der Waals surface area contributed by atoms with Crippen LogP contribution in [0, 0.1) is 12.7 Å². The molecule has 2 rings (SSSR count). The number of nitrogens with one attached hydrogen (secondary N) is 2. The topological polar surface area (TPSA) is 75.3 Å². The average molecular weight is 496 g/mol. The van der Waals surface area contributed by atoms with E-state index in [4.69, 9.17) is 16.1 Å². The van der Waals surface area contributed by atoms with Crippen LogP contribution in [0.4, 0.5) is 4.39 Å². The SMILES string of the molecule is CN=C(NCCc1nc(C)no1)NCC(C)(C)c1ccc(F)cc1Cl.I. The first-order valence-electron chi connectivity index (χ1n) is 8.01. The van der Waals surface area contributed by atoms with Crippen LogP contribution in [-0.2, 0) is 11.8 Å². The van der Waals surface area contributed by atoms with Gasteiger partial charge in [-0.05, 0) is 24.6 Å². The predicted octanol–water partition coefficient (Wildman–Crippen LogP) is 3.47. The van der Waals surface area contributed by atoms with E-state index >= 15 is 0 Å². The summed E-state index contributed by atoms with van der Waals surface area (Å²) >= 11 is 6.18. The van der Waals surface area contributed by atoms with Gasteiger partial charge >= 0.3 is 0 Å². The summed E-state index contributed by atoms with van der Waals surface area (Å²) in [6.45, 7) is 7.04. The molecule has 0 amide bonds. The van der Waals surface area contributed by atoms with E-state index in [-0.39, 0.29) is 35.2 Å². The van der Waals surface area contributed by atoms with Crippen molar-refractivity contribution in [3.05, 3.63) is 46.3 Å². The predicted molar refractivity (Wildman–Crippen MR) is 112 cm³/mol. The number of halogens is 3. The number of hydrogen-bond acceptors (Lipinski definition) is 4. The van der Waals surface area contributed by atoms with Gasteiger partial charge < -0.3 is 15.2 Å². The summed E-state index contributed by atoms with van der Waals surface area (Å²) in [5.74, 6) is 1.52. The maximum atomic E-state index is 13.2. The second kappa shape index (κ2) is 10.1. The Morgan fingerprint density at radius 1 is 1.35 bits per heavy atom. The lowest BCUT2D eigenvalue weighted by atomic mass is 9.84. The van der Waals surface area contributed by atoms with E-state index in [1.165, 1.54) is 12.1 Å². The summed E-state index contributed by atoms with van der Waals surface area (Å²) in [5.41, 5.74) is 0.575. The van der Waals surface area contributed by atoms with E-state index in [0.717, 1.165) is 5.56 Å². The van der Waals surface area contributed by atoms with Crippen LogP contribution in [0.5, 0.6) is 0 Å². The molecule has 0 aliphatic heterocycles. The first-order chi connectivity index (χ1) is 11.8. The van der Waals surface area contributed by atoms with Crippen molar-refractivity contribution in [2.75, 3.05) is 20.1 Å². The Hall–Kier alpha value is -1.42. The molecule has 144 valence electrons. The molecule has 1 aromatic heterocycles. The number of rotatable bonds is 6. The molecule has 6 nitrogen and oxygen atoms in total. The molecule has 1 aromatic carbocycles. The molecule has 9 heteroatoms. The molecular weight excluding hydrogens is 472 g/mol. The van der Waals surface area contributed by atoms with E-state index in [1.54, 1.807) is 20.0 Å². The third-order valence-electron chi connectivity index (χ3n) is 3.78. The lowest BCUT2D eigenvalue weighted by Gasteiger charge is -2.27. The van der Waals surface area contributed by atoms with Gasteiger partial charge in [0.2, 0.25) is 5.89 Å². The van der Waals surface area contributed by atoms with Crippen molar-refractivity contribution in [1.29, 1.82) is 0 Å². The van der Waals surface area contributed by atoms with Crippen molar-refractivity contribution in [1.82, 2.24) is 20.8 Å². The Kier molecular flexibility index (Phi) is 8.75. The second-order valence-electron chi connectivity index (χ2n) is 6.35. The molecule has 0 saturated heterocycles. The fourth-order valence-electron chi connectivity index (χ4n) is 2.39. The molecule has 2 N–H and O–H groups in total. The average Bonchev–Trinajstić information content (AvgIpc) is 2.95. The van der Waals surface area contributed by atoms with E-state index < -0.39 is 0 Å². The number of guanidine groups is 1. The minimum absolute atomic E-state index is 0. The third-order valence-corrected chi connectivity index (χ3v) is 4.10. The second-order valence-corrected chi connectivity index (χ2v) is 6.75. The summed E-state index contributed by atoms with van der Waals surface area (Å²) in [5, 5.41) is 10.6. The number of aryl methyl sites for hydroxylation is 1. The monoisotopic (exact) mass is 495 g/mol. The molecule has 0 spiro atoms. The van der Waals surface area contributed by atoms with E-state index in [9.17, 15) is 4.39 Å². The smallest absolute Gasteiger partial charge is 0.228 e. The van der Waals surface area contributed by atoms with Crippen molar-refractivity contribution >= 4 is 41.5 Å². The van der Waals surface area contributed by atoms with Gasteiger partial charge in [-0.2, -0.15) is 4.98 Å². The maximum Gasteiger partial charge on any atom is 0.228 e. The highest BCUT2D eigenvalue weighted by Gasteiger charge is 2.24. The van der Waals surface area contributed by atoms with E-state index in [1.807, 2.05) is 13.8 Å². The van der Waals surface area contributed by atoms with Crippen LogP contribution < -0.4 is 10.6 Å².